The molecule has 1 aliphatic heterocycles. The van der Waals surface area contributed by atoms with Gasteiger partial charge in [-0.25, -0.2) is 14.4 Å². The number of allylic oxidation sites excluding steroid dienone is 1. The van der Waals surface area contributed by atoms with Crippen molar-refractivity contribution in [1.29, 1.82) is 0 Å². The van der Waals surface area contributed by atoms with Crippen LogP contribution >= 0.6 is 15.9 Å². The summed E-state index contributed by atoms with van der Waals surface area (Å²) in [6.07, 6.45) is 0.256. The van der Waals surface area contributed by atoms with E-state index in [1.807, 2.05) is 0 Å². The summed E-state index contributed by atoms with van der Waals surface area (Å²) in [5, 5.41) is 19.8. The Morgan fingerprint density at radius 2 is 1.86 bits per heavy atom. The number of benzene rings is 2. The summed E-state index contributed by atoms with van der Waals surface area (Å²) in [5.41, 5.74) is 4.38. The van der Waals surface area contributed by atoms with E-state index >= 15 is 0 Å². The number of halogens is 1. The quantitative estimate of drug-likeness (QED) is 0.0943. The molecule has 2 aromatic carbocycles. The number of urea groups is 1. The fourth-order valence-electron chi connectivity index (χ4n) is 4.11. The second kappa shape index (κ2) is 16.4. The molecule has 0 bridgehead atoms. The van der Waals surface area contributed by atoms with Gasteiger partial charge >= 0.3 is 18.0 Å². The number of amides is 2. The Balaban J connectivity index is 1.66. The summed E-state index contributed by atoms with van der Waals surface area (Å²) in [6, 6.07) is 7.04. The first-order valence-corrected chi connectivity index (χ1v) is 14.3. The highest BCUT2D eigenvalue weighted by molar-refractivity contribution is 9.10. The minimum atomic E-state index is -1.20. The second-order valence-electron chi connectivity index (χ2n) is 9.04. The van der Waals surface area contributed by atoms with E-state index in [4.69, 9.17) is 28.4 Å². The molecular weight excluding hydrogens is 644 g/mol. The SMILES string of the molecule is CCOC(=O)COc1c(Br)cc(/C=N\N[C@@H](O)COc2ccc([C@@H]3NC(=O)NC(C)=C3C(=O)OC)cc2OCC)cc1OC. The van der Waals surface area contributed by atoms with E-state index in [0.717, 1.165) is 0 Å². The molecule has 0 aromatic heterocycles. The number of ether oxygens (including phenoxy) is 6. The molecule has 0 spiro atoms. The van der Waals surface area contributed by atoms with Crippen molar-refractivity contribution in [2.45, 2.75) is 33.0 Å². The minimum absolute atomic E-state index is 0.194. The number of aliphatic hydroxyl groups excluding tert-OH is 1. The molecular formula is C29H35BrN4O10. The van der Waals surface area contributed by atoms with Crippen LogP contribution in [0.4, 0.5) is 4.79 Å². The molecule has 14 nitrogen and oxygen atoms in total. The van der Waals surface area contributed by atoms with Crippen LogP contribution in [0.15, 0.2) is 51.2 Å². The molecule has 44 heavy (non-hydrogen) atoms. The standard InChI is InChI=1S/C29H35BrN4O10/c1-6-41-21-12-18(26-25(28(37)40-5)16(3)32-29(38)33-26)8-9-20(21)43-14-23(35)34-31-13-17-10-19(30)27(22(11-17)39-4)44-15-24(36)42-7-2/h8-13,23,26,34-35H,6-7,14-15H2,1-5H3,(H2,32,33,38)/b31-13-/t23-,26-/m0/s1. The maximum Gasteiger partial charge on any atom is 0.344 e. The van der Waals surface area contributed by atoms with Gasteiger partial charge < -0.3 is 44.2 Å². The van der Waals surface area contributed by atoms with Crippen LogP contribution in [0.5, 0.6) is 23.0 Å². The van der Waals surface area contributed by atoms with Crippen LogP contribution in [-0.4, -0.2) is 76.2 Å². The van der Waals surface area contributed by atoms with E-state index in [9.17, 15) is 19.5 Å². The van der Waals surface area contributed by atoms with E-state index in [-0.39, 0.29) is 25.4 Å². The van der Waals surface area contributed by atoms with Crippen LogP contribution < -0.4 is 35.0 Å². The van der Waals surface area contributed by atoms with Gasteiger partial charge in [0.2, 0.25) is 0 Å². The first kappa shape index (κ1) is 34.0. The molecule has 3 rings (SSSR count). The highest BCUT2D eigenvalue weighted by atomic mass is 79.9. The van der Waals surface area contributed by atoms with Crippen molar-refractivity contribution < 1.29 is 47.9 Å². The Morgan fingerprint density at radius 1 is 1.09 bits per heavy atom. The number of hydrazone groups is 1. The highest BCUT2D eigenvalue weighted by Crippen LogP contribution is 2.37. The fraction of sp³-hybridized carbons (Fsp3) is 0.379. The van der Waals surface area contributed by atoms with Gasteiger partial charge in [0.25, 0.3) is 0 Å². The monoisotopic (exact) mass is 678 g/mol. The molecule has 0 fully saturated rings. The summed E-state index contributed by atoms with van der Waals surface area (Å²) >= 11 is 3.40. The lowest BCUT2D eigenvalue weighted by atomic mass is 9.95. The molecule has 0 unspecified atom stereocenters. The summed E-state index contributed by atoms with van der Waals surface area (Å²) in [4.78, 5) is 36.2. The van der Waals surface area contributed by atoms with E-state index in [2.05, 4.69) is 37.1 Å². The van der Waals surface area contributed by atoms with E-state index in [0.29, 0.717) is 50.9 Å². The van der Waals surface area contributed by atoms with Gasteiger partial charge in [-0.1, -0.05) is 6.07 Å². The number of esters is 2. The van der Waals surface area contributed by atoms with E-state index < -0.39 is 30.2 Å². The van der Waals surface area contributed by atoms with Crippen molar-refractivity contribution >= 4 is 40.1 Å². The Labute approximate surface area is 262 Å². The van der Waals surface area contributed by atoms with Crippen LogP contribution in [0.25, 0.3) is 0 Å². The maximum atomic E-state index is 12.4. The number of carbonyl (C=O) groups is 3. The molecule has 2 amide bonds. The smallest absolute Gasteiger partial charge is 0.344 e. The zero-order valence-electron chi connectivity index (χ0n) is 24.9. The van der Waals surface area contributed by atoms with Gasteiger partial charge in [0, 0.05) is 5.70 Å². The van der Waals surface area contributed by atoms with Crippen LogP contribution in [-0.2, 0) is 19.1 Å². The number of methoxy groups -OCH3 is 2. The summed E-state index contributed by atoms with van der Waals surface area (Å²) in [7, 11) is 2.72. The molecule has 2 atom stereocenters. The maximum absolute atomic E-state index is 12.4. The van der Waals surface area contributed by atoms with Crippen molar-refractivity contribution in [2.75, 3.05) is 40.6 Å². The van der Waals surface area contributed by atoms with E-state index in [1.165, 1.54) is 20.4 Å². The Hall–Kier alpha value is -4.50. The number of hydrogen-bond acceptors (Lipinski definition) is 12. The minimum Gasteiger partial charge on any atom is -0.493 e. The lowest BCUT2D eigenvalue weighted by Gasteiger charge is -2.28. The zero-order chi connectivity index (χ0) is 32.2. The van der Waals surface area contributed by atoms with Crippen molar-refractivity contribution in [1.82, 2.24) is 16.1 Å². The van der Waals surface area contributed by atoms with Gasteiger partial charge in [-0.05, 0) is 72.1 Å². The van der Waals surface area contributed by atoms with E-state index in [1.54, 1.807) is 51.1 Å². The predicted molar refractivity (Wildman–Crippen MR) is 162 cm³/mol. The summed E-state index contributed by atoms with van der Waals surface area (Å²) in [6.45, 7) is 5.20. The summed E-state index contributed by atoms with van der Waals surface area (Å²) < 4.78 is 32.7. The number of hydrogen-bond donors (Lipinski definition) is 4. The molecule has 238 valence electrons. The van der Waals surface area contributed by atoms with Crippen LogP contribution in [0.2, 0.25) is 0 Å². The molecule has 0 radical (unpaired) electrons. The van der Waals surface area contributed by atoms with Crippen molar-refractivity contribution in [2.24, 2.45) is 5.10 Å². The molecule has 1 heterocycles. The Bertz CT molecular complexity index is 1410. The third-order valence-corrected chi connectivity index (χ3v) is 6.59. The fourth-order valence-corrected chi connectivity index (χ4v) is 4.68. The Morgan fingerprint density at radius 3 is 2.55 bits per heavy atom. The topological polar surface area (TPSA) is 175 Å². The lowest BCUT2D eigenvalue weighted by molar-refractivity contribution is -0.145. The van der Waals surface area contributed by atoms with Gasteiger partial charge in [-0.3, -0.25) is 5.43 Å². The highest BCUT2D eigenvalue weighted by Gasteiger charge is 2.32. The van der Waals surface area contributed by atoms with Gasteiger partial charge in [-0.2, -0.15) is 5.10 Å². The van der Waals surface area contributed by atoms with Crippen molar-refractivity contribution in [3.8, 4) is 23.0 Å². The van der Waals surface area contributed by atoms with Crippen LogP contribution in [0.1, 0.15) is 37.9 Å². The average molecular weight is 680 g/mol. The average Bonchev–Trinajstić information content (AvgIpc) is 2.99. The molecule has 0 saturated heterocycles. The summed E-state index contributed by atoms with van der Waals surface area (Å²) in [5.74, 6) is 0.259. The third-order valence-electron chi connectivity index (χ3n) is 6.00. The number of rotatable bonds is 15. The molecule has 0 saturated carbocycles. The first-order valence-electron chi connectivity index (χ1n) is 13.5. The normalized spacial score (nSPS) is 15.2. The van der Waals surface area contributed by atoms with Crippen molar-refractivity contribution in [3.05, 3.63) is 57.2 Å². The molecule has 0 aliphatic carbocycles. The number of nitrogens with one attached hydrogen (secondary N) is 3. The molecule has 15 heteroatoms. The lowest BCUT2D eigenvalue weighted by Crippen LogP contribution is -2.45. The second-order valence-corrected chi connectivity index (χ2v) is 9.90. The third kappa shape index (κ3) is 9.00. The first-order chi connectivity index (χ1) is 21.1. The van der Waals surface area contributed by atoms with Crippen LogP contribution in [0.3, 0.4) is 0 Å². The molecule has 4 N–H and O–H groups in total. The molecule has 1 aliphatic rings. The van der Waals surface area contributed by atoms with Gasteiger partial charge in [0.05, 0.1) is 49.7 Å². The number of aliphatic hydroxyl groups is 1. The number of nitrogens with zero attached hydrogens (tertiary/aromatic N) is 1. The van der Waals surface area contributed by atoms with Gasteiger partial charge in [0.1, 0.15) is 6.61 Å². The largest absolute Gasteiger partial charge is 0.493 e. The molecule has 2 aromatic rings. The van der Waals surface area contributed by atoms with Gasteiger partial charge in [0.15, 0.2) is 35.8 Å². The van der Waals surface area contributed by atoms with Gasteiger partial charge in [-0.15, -0.1) is 0 Å². The van der Waals surface area contributed by atoms with Crippen molar-refractivity contribution in [3.63, 3.8) is 0 Å². The number of carbonyl (C=O) groups excluding carboxylic acids is 3. The predicted octanol–water partition coefficient (Wildman–Crippen LogP) is 2.92. The Kier molecular flexibility index (Phi) is 12.7. The van der Waals surface area contributed by atoms with Crippen LogP contribution in [0, 0.1) is 0 Å². The zero-order valence-corrected chi connectivity index (χ0v) is 26.5.